The number of amides is 6. The minimum Gasteiger partial charge on any atom is -0.493 e. The van der Waals surface area contributed by atoms with Crippen molar-refractivity contribution in [2.45, 2.75) is 90.1 Å². The number of hydrogen-bond donors (Lipinski definition) is 4. The second-order valence-electron chi connectivity index (χ2n) is 15.2. The number of nitrogens with zero attached hydrogens (tertiary/aromatic N) is 2. The van der Waals surface area contributed by atoms with Crippen molar-refractivity contribution < 1.29 is 43.0 Å². The molecule has 0 aliphatic carbocycles. The van der Waals surface area contributed by atoms with E-state index in [1.807, 2.05) is 20.8 Å². The Labute approximate surface area is 322 Å². The molecule has 0 radical (unpaired) electrons. The van der Waals surface area contributed by atoms with Crippen molar-refractivity contribution in [3.8, 4) is 5.75 Å². The summed E-state index contributed by atoms with van der Waals surface area (Å²) in [4.78, 5) is 96.5. The van der Waals surface area contributed by atoms with E-state index in [0.717, 1.165) is 0 Å². The van der Waals surface area contributed by atoms with Gasteiger partial charge in [-0.05, 0) is 35.1 Å². The standard InChI is InChI=1S/C40H54N6O9/c1-7-13-29(34(49)37(51)41-23-32(48)43-33(38(52)45(5)6)26-15-9-8-10-16-26)42-36(50)30-22-28-24-46(30)39(53)35(40(2,3)4)44-31(47)21-25-14-11-17-27(20-25)54-18-12-19-55-28/h8-11,14-17,20,28-30,33,35H,7,12-13,18-19,21-24H2,1-6H3,(H,41,51)(H,42,50)(H,43,48)(H,44,47)/t28-,29-,30-,33-,35+/m0/s1. The molecule has 55 heavy (non-hydrogen) atoms. The van der Waals surface area contributed by atoms with E-state index in [1.165, 1.54) is 9.80 Å². The van der Waals surface area contributed by atoms with Crippen molar-refractivity contribution in [1.29, 1.82) is 0 Å². The van der Waals surface area contributed by atoms with Gasteiger partial charge in [-0.3, -0.25) is 33.6 Å². The smallest absolute Gasteiger partial charge is 0.290 e. The van der Waals surface area contributed by atoms with E-state index >= 15 is 0 Å². The predicted octanol–water partition coefficient (Wildman–Crippen LogP) is 1.44. The molecule has 2 aromatic rings. The molecule has 2 aliphatic rings. The average Bonchev–Trinajstić information content (AvgIpc) is 3.58. The number of ketones is 1. The predicted molar refractivity (Wildman–Crippen MR) is 202 cm³/mol. The van der Waals surface area contributed by atoms with Gasteiger partial charge in [0.2, 0.25) is 35.3 Å². The molecule has 4 rings (SSSR count). The Morgan fingerprint density at radius 3 is 2.38 bits per heavy atom. The highest BCUT2D eigenvalue weighted by molar-refractivity contribution is 6.38. The molecule has 0 aromatic heterocycles. The number of benzene rings is 2. The van der Waals surface area contributed by atoms with Gasteiger partial charge in [-0.2, -0.15) is 0 Å². The van der Waals surface area contributed by atoms with Crippen molar-refractivity contribution >= 4 is 41.2 Å². The maximum atomic E-state index is 14.3. The fraction of sp³-hybridized carbons (Fsp3) is 0.525. The van der Waals surface area contributed by atoms with Crippen LogP contribution in [-0.4, -0.2) is 116 Å². The highest BCUT2D eigenvalue weighted by Gasteiger charge is 2.46. The molecule has 6 amide bonds. The fourth-order valence-corrected chi connectivity index (χ4v) is 6.50. The monoisotopic (exact) mass is 762 g/mol. The zero-order valence-corrected chi connectivity index (χ0v) is 32.5. The summed E-state index contributed by atoms with van der Waals surface area (Å²) in [6.45, 7) is 7.37. The minimum absolute atomic E-state index is 0.0130. The van der Waals surface area contributed by atoms with Crippen LogP contribution >= 0.6 is 0 Å². The summed E-state index contributed by atoms with van der Waals surface area (Å²) in [6.07, 6.45) is 0.692. The molecule has 298 valence electrons. The van der Waals surface area contributed by atoms with Gasteiger partial charge in [-0.25, -0.2) is 0 Å². The van der Waals surface area contributed by atoms with E-state index in [-0.39, 0.29) is 37.6 Å². The molecule has 0 saturated carbocycles. The van der Waals surface area contributed by atoms with Crippen LogP contribution in [0.25, 0.3) is 0 Å². The Balaban J connectivity index is 1.47. The number of carbonyl (C=O) groups excluding carboxylic acids is 7. The number of hydrogen-bond acceptors (Lipinski definition) is 9. The van der Waals surface area contributed by atoms with Crippen LogP contribution in [0.3, 0.4) is 0 Å². The number of ether oxygens (including phenoxy) is 2. The largest absolute Gasteiger partial charge is 0.493 e. The Kier molecular flexibility index (Phi) is 14.9. The van der Waals surface area contributed by atoms with Crippen LogP contribution in [0.4, 0.5) is 0 Å². The molecule has 4 bridgehead atoms. The van der Waals surface area contributed by atoms with Crippen molar-refractivity contribution in [3.05, 3.63) is 65.7 Å². The van der Waals surface area contributed by atoms with Crippen LogP contribution in [-0.2, 0) is 44.7 Å². The van der Waals surface area contributed by atoms with Crippen molar-refractivity contribution in [3.63, 3.8) is 0 Å². The van der Waals surface area contributed by atoms with Crippen molar-refractivity contribution in [1.82, 2.24) is 31.1 Å². The summed E-state index contributed by atoms with van der Waals surface area (Å²) in [5, 5.41) is 10.5. The average molecular weight is 763 g/mol. The van der Waals surface area contributed by atoms with Crippen LogP contribution in [0.1, 0.15) is 70.5 Å². The van der Waals surface area contributed by atoms with Gasteiger partial charge in [0.25, 0.3) is 5.91 Å². The minimum atomic E-state index is -1.25. The summed E-state index contributed by atoms with van der Waals surface area (Å²) in [5.74, 6) is -4.03. The fourth-order valence-electron chi connectivity index (χ4n) is 6.50. The highest BCUT2D eigenvalue weighted by Crippen LogP contribution is 2.28. The molecule has 1 saturated heterocycles. The van der Waals surface area contributed by atoms with Gasteiger partial charge in [-0.15, -0.1) is 0 Å². The van der Waals surface area contributed by atoms with Crippen LogP contribution in [0, 0.1) is 5.41 Å². The second-order valence-corrected chi connectivity index (χ2v) is 15.2. The molecular formula is C40H54N6O9. The normalized spacial score (nSPS) is 20.3. The van der Waals surface area contributed by atoms with Crippen LogP contribution in [0.2, 0.25) is 0 Å². The lowest BCUT2D eigenvalue weighted by Gasteiger charge is -2.35. The topological polar surface area (TPSA) is 193 Å². The van der Waals surface area contributed by atoms with Gasteiger partial charge in [0, 0.05) is 33.5 Å². The maximum absolute atomic E-state index is 14.3. The van der Waals surface area contributed by atoms with E-state index in [1.54, 1.807) is 75.6 Å². The number of nitrogens with one attached hydrogen (secondary N) is 4. The molecule has 1 fully saturated rings. The molecule has 5 atom stereocenters. The van der Waals surface area contributed by atoms with Gasteiger partial charge in [-0.1, -0.05) is 76.6 Å². The first-order valence-electron chi connectivity index (χ1n) is 18.7. The lowest BCUT2D eigenvalue weighted by molar-refractivity contribution is -0.145. The summed E-state index contributed by atoms with van der Waals surface area (Å²) < 4.78 is 12.0. The first kappa shape index (κ1) is 42.4. The van der Waals surface area contributed by atoms with Gasteiger partial charge < -0.3 is 40.5 Å². The lowest BCUT2D eigenvalue weighted by atomic mass is 9.85. The van der Waals surface area contributed by atoms with E-state index in [9.17, 15) is 33.6 Å². The van der Waals surface area contributed by atoms with E-state index < -0.39 is 71.6 Å². The number of likely N-dealkylation sites (N-methyl/N-ethyl adjacent to an activating group) is 1. The Bertz CT molecular complexity index is 1710. The first-order chi connectivity index (χ1) is 26.1. The van der Waals surface area contributed by atoms with E-state index in [4.69, 9.17) is 9.47 Å². The number of Topliss-reactive ketones (excluding diaryl/α,β-unsaturated/α-hetero) is 1. The van der Waals surface area contributed by atoms with Gasteiger partial charge in [0.1, 0.15) is 23.9 Å². The summed E-state index contributed by atoms with van der Waals surface area (Å²) in [5.41, 5.74) is 0.513. The SMILES string of the molecule is CCC[C@H](NC(=O)[C@@H]1C[C@H]2CN1C(=O)[C@H](C(C)(C)C)NC(=O)Cc1cccc(c1)OCCCO2)C(=O)C(=O)NCC(=O)N[C@H](C(=O)N(C)C)c1ccccc1. The summed E-state index contributed by atoms with van der Waals surface area (Å²) in [6, 6.07) is 11.5. The molecule has 4 N–H and O–H groups in total. The van der Waals surface area contributed by atoms with Crippen LogP contribution < -0.4 is 26.0 Å². The van der Waals surface area contributed by atoms with Crippen LogP contribution in [0.15, 0.2) is 54.6 Å². The van der Waals surface area contributed by atoms with Gasteiger partial charge in [0.05, 0.1) is 38.3 Å². The molecule has 2 heterocycles. The Morgan fingerprint density at radius 1 is 0.982 bits per heavy atom. The van der Waals surface area contributed by atoms with Crippen molar-refractivity contribution in [2.24, 2.45) is 5.41 Å². The second kappa shape index (κ2) is 19.3. The van der Waals surface area contributed by atoms with Gasteiger partial charge >= 0.3 is 0 Å². The highest BCUT2D eigenvalue weighted by atomic mass is 16.5. The molecule has 2 aromatic carbocycles. The third kappa shape index (κ3) is 11.8. The zero-order valence-electron chi connectivity index (χ0n) is 32.5. The quantitative estimate of drug-likeness (QED) is 0.246. The molecular weight excluding hydrogens is 708 g/mol. The Morgan fingerprint density at radius 2 is 1.71 bits per heavy atom. The number of fused-ring (bicyclic) bond motifs is 4. The molecule has 15 heteroatoms. The maximum Gasteiger partial charge on any atom is 0.290 e. The van der Waals surface area contributed by atoms with Gasteiger partial charge in [0.15, 0.2) is 0 Å². The lowest BCUT2D eigenvalue weighted by Crippen LogP contribution is -2.59. The summed E-state index contributed by atoms with van der Waals surface area (Å²) >= 11 is 0. The van der Waals surface area contributed by atoms with E-state index in [0.29, 0.717) is 42.9 Å². The number of rotatable bonds is 11. The third-order valence-electron chi connectivity index (χ3n) is 9.41. The Hall–Kier alpha value is -5.31. The van der Waals surface area contributed by atoms with Crippen molar-refractivity contribution in [2.75, 3.05) is 40.4 Å². The third-order valence-corrected chi connectivity index (χ3v) is 9.41. The molecule has 15 nitrogen and oxygen atoms in total. The van der Waals surface area contributed by atoms with Crippen LogP contribution in [0.5, 0.6) is 5.75 Å². The zero-order chi connectivity index (χ0) is 40.3. The summed E-state index contributed by atoms with van der Waals surface area (Å²) in [7, 11) is 3.11. The molecule has 2 aliphatic heterocycles. The number of carbonyl (C=O) groups is 7. The van der Waals surface area contributed by atoms with E-state index in [2.05, 4.69) is 21.3 Å². The molecule has 0 unspecified atom stereocenters. The molecule has 0 spiro atoms. The first-order valence-corrected chi connectivity index (χ1v) is 18.7.